The molecule has 1 aromatic heterocycles. The Hall–Kier alpha value is -3.95. The van der Waals surface area contributed by atoms with Gasteiger partial charge >= 0.3 is 0 Å². The van der Waals surface area contributed by atoms with E-state index in [4.69, 9.17) is 4.74 Å². The van der Waals surface area contributed by atoms with Gasteiger partial charge in [0.05, 0.1) is 18.2 Å². The quantitative estimate of drug-likeness (QED) is 0.369. The number of aliphatic hydroxyl groups is 1. The van der Waals surface area contributed by atoms with Crippen LogP contribution in [0.2, 0.25) is 0 Å². The minimum absolute atomic E-state index is 0.0877. The number of nitrogens with one attached hydrogen (secondary N) is 1. The molecule has 2 N–H and O–H groups in total. The van der Waals surface area contributed by atoms with Crippen molar-refractivity contribution in [2.45, 2.75) is 29.8 Å². The van der Waals surface area contributed by atoms with E-state index in [0.29, 0.717) is 49.1 Å². The van der Waals surface area contributed by atoms with Gasteiger partial charge < -0.3 is 14.7 Å². The summed E-state index contributed by atoms with van der Waals surface area (Å²) in [7, 11) is -2.27. The lowest BCUT2D eigenvalue weighted by Gasteiger charge is -2.38. The zero-order valence-corrected chi connectivity index (χ0v) is 21.8. The fraction of sp³-hybridized carbons (Fsp3) is 0.241. The number of benzene rings is 3. The lowest BCUT2D eigenvalue weighted by Crippen LogP contribution is -2.47. The average Bonchev–Trinajstić information content (AvgIpc) is 2.93. The van der Waals surface area contributed by atoms with Crippen LogP contribution in [0.25, 0.3) is 10.9 Å². The number of methoxy groups -OCH3 is 1. The number of anilines is 1. The Bertz CT molecular complexity index is 1560. The number of pyridine rings is 1. The molecule has 9 heteroatoms. The molecular weight excluding hydrogens is 502 g/mol. The van der Waals surface area contributed by atoms with Crippen LogP contribution in [0, 0.1) is 0 Å². The van der Waals surface area contributed by atoms with Gasteiger partial charge in [0.15, 0.2) is 0 Å². The van der Waals surface area contributed by atoms with E-state index in [1.54, 1.807) is 54.6 Å². The van der Waals surface area contributed by atoms with E-state index >= 15 is 0 Å². The summed E-state index contributed by atoms with van der Waals surface area (Å²) in [5.74, 6) is 0.587. The van der Waals surface area contributed by atoms with Crippen LogP contribution >= 0.6 is 0 Å². The maximum absolute atomic E-state index is 13.1. The first-order valence-electron chi connectivity index (χ1n) is 12.4. The predicted octanol–water partition coefficient (Wildman–Crippen LogP) is 4.25. The second kappa shape index (κ2) is 10.4. The zero-order chi connectivity index (χ0) is 26.8. The van der Waals surface area contributed by atoms with E-state index in [0.717, 1.165) is 16.7 Å². The SMILES string of the molecule is COc1ccccc1CC1(O)CCN(C(=O)c2ccc(NS(=O)(=O)c3cccc4cccnc34)cc2)CC1. The molecule has 0 bridgehead atoms. The third-order valence-corrected chi connectivity index (χ3v) is 8.38. The molecule has 0 spiro atoms. The van der Waals surface area contributed by atoms with Crippen molar-refractivity contribution in [1.29, 1.82) is 0 Å². The maximum Gasteiger partial charge on any atom is 0.264 e. The van der Waals surface area contributed by atoms with Crippen molar-refractivity contribution in [3.63, 3.8) is 0 Å². The molecule has 0 aliphatic carbocycles. The lowest BCUT2D eigenvalue weighted by atomic mass is 9.85. The van der Waals surface area contributed by atoms with Crippen molar-refractivity contribution >= 4 is 32.5 Å². The predicted molar refractivity (Wildman–Crippen MR) is 146 cm³/mol. The first kappa shape index (κ1) is 25.7. The minimum atomic E-state index is -3.88. The zero-order valence-electron chi connectivity index (χ0n) is 21.0. The van der Waals surface area contributed by atoms with Gasteiger partial charge in [-0.15, -0.1) is 0 Å². The first-order valence-corrected chi connectivity index (χ1v) is 13.9. The normalized spacial score (nSPS) is 15.3. The summed E-state index contributed by atoms with van der Waals surface area (Å²) in [6.45, 7) is 0.847. The van der Waals surface area contributed by atoms with Gasteiger partial charge in [0, 0.05) is 42.3 Å². The van der Waals surface area contributed by atoms with Crippen LogP contribution in [0.4, 0.5) is 5.69 Å². The number of carbonyl (C=O) groups is 1. The molecule has 1 aliphatic rings. The van der Waals surface area contributed by atoms with Crippen molar-refractivity contribution in [2.24, 2.45) is 0 Å². The Morgan fingerprint density at radius 3 is 2.45 bits per heavy atom. The summed E-state index contributed by atoms with van der Waals surface area (Å²) in [6.07, 6.45) is 2.92. The number of carbonyl (C=O) groups excluding carboxylic acids is 1. The van der Waals surface area contributed by atoms with Crippen molar-refractivity contribution in [3.8, 4) is 5.75 Å². The molecule has 1 aliphatic heterocycles. The molecule has 5 rings (SSSR count). The Kier molecular flexibility index (Phi) is 7.05. The molecule has 1 fully saturated rings. The van der Waals surface area contributed by atoms with Crippen LogP contribution in [-0.4, -0.2) is 55.1 Å². The summed E-state index contributed by atoms with van der Waals surface area (Å²) in [5, 5.41) is 11.9. The third-order valence-electron chi connectivity index (χ3n) is 6.96. The molecular formula is C29H29N3O5S. The first-order chi connectivity index (χ1) is 18.3. The highest BCUT2D eigenvalue weighted by Gasteiger charge is 2.35. The fourth-order valence-corrected chi connectivity index (χ4v) is 6.11. The molecule has 4 aromatic rings. The summed E-state index contributed by atoms with van der Waals surface area (Å²) in [5.41, 5.74) is 1.22. The van der Waals surface area contributed by atoms with Crippen LogP contribution in [0.1, 0.15) is 28.8 Å². The smallest absolute Gasteiger partial charge is 0.264 e. The van der Waals surface area contributed by atoms with Crippen LogP contribution in [0.15, 0.2) is 90.0 Å². The molecule has 2 heterocycles. The monoisotopic (exact) mass is 531 g/mol. The van der Waals surface area contributed by atoms with Gasteiger partial charge in [0.2, 0.25) is 0 Å². The topological polar surface area (TPSA) is 109 Å². The number of nitrogens with zero attached hydrogens (tertiary/aromatic N) is 2. The van der Waals surface area contributed by atoms with E-state index in [1.165, 1.54) is 6.07 Å². The number of rotatable bonds is 7. The van der Waals surface area contributed by atoms with E-state index in [9.17, 15) is 18.3 Å². The largest absolute Gasteiger partial charge is 0.496 e. The summed E-state index contributed by atoms with van der Waals surface area (Å²) >= 11 is 0. The Morgan fingerprint density at radius 1 is 1.00 bits per heavy atom. The van der Waals surface area contributed by atoms with Crippen molar-refractivity contribution in [2.75, 3.05) is 24.9 Å². The fourth-order valence-electron chi connectivity index (χ4n) is 4.87. The van der Waals surface area contributed by atoms with Crippen molar-refractivity contribution < 1.29 is 23.1 Å². The molecule has 0 saturated carbocycles. The van der Waals surface area contributed by atoms with Gasteiger partial charge in [-0.3, -0.25) is 14.5 Å². The van der Waals surface area contributed by atoms with Crippen LogP contribution in [0.5, 0.6) is 5.75 Å². The van der Waals surface area contributed by atoms with Crippen LogP contribution in [0.3, 0.4) is 0 Å². The lowest BCUT2D eigenvalue weighted by molar-refractivity contribution is -0.0165. The van der Waals surface area contributed by atoms with Crippen LogP contribution in [-0.2, 0) is 16.4 Å². The Balaban J connectivity index is 1.23. The Morgan fingerprint density at radius 2 is 1.71 bits per heavy atom. The molecule has 8 nitrogen and oxygen atoms in total. The van der Waals surface area contributed by atoms with Gasteiger partial charge in [-0.1, -0.05) is 36.4 Å². The summed E-state index contributed by atoms with van der Waals surface area (Å²) < 4.78 is 34.1. The number of likely N-dealkylation sites (tertiary alicyclic amines) is 1. The standard InChI is InChI=1S/C29H29N3O5S/c1-37-25-9-3-2-6-23(25)20-29(34)15-18-32(19-16-29)28(33)22-11-13-24(14-12-22)31-38(35,36)26-10-4-7-21-8-5-17-30-27(21)26/h2-14,17,31,34H,15-16,18-20H2,1H3. The molecule has 1 amide bonds. The summed E-state index contributed by atoms with van der Waals surface area (Å²) in [4.78, 5) is 19.1. The molecule has 1 saturated heterocycles. The highest BCUT2D eigenvalue weighted by atomic mass is 32.2. The highest BCUT2D eigenvalue weighted by molar-refractivity contribution is 7.93. The minimum Gasteiger partial charge on any atom is -0.496 e. The van der Waals surface area contributed by atoms with Gasteiger partial charge in [-0.2, -0.15) is 0 Å². The number of para-hydroxylation sites is 2. The number of sulfonamides is 1. The van der Waals surface area contributed by atoms with E-state index in [1.807, 2.05) is 36.4 Å². The van der Waals surface area contributed by atoms with Gasteiger partial charge in [0.1, 0.15) is 10.6 Å². The number of fused-ring (bicyclic) bond motifs is 1. The molecule has 196 valence electrons. The number of ether oxygens (including phenoxy) is 1. The van der Waals surface area contributed by atoms with Gasteiger partial charge in [-0.05, 0) is 60.9 Å². The molecule has 3 aromatic carbocycles. The number of aromatic nitrogens is 1. The molecule has 0 radical (unpaired) electrons. The van der Waals surface area contributed by atoms with Crippen molar-refractivity contribution in [1.82, 2.24) is 9.88 Å². The number of amides is 1. The van der Waals surface area contributed by atoms with Gasteiger partial charge in [-0.25, -0.2) is 8.42 Å². The summed E-state index contributed by atoms with van der Waals surface area (Å²) in [6, 6.07) is 22.6. The molecule has 0 unspecified atom stereocenters. The molecule has 38 heavy (non-hydrogen) atoms. The third kappa shape index (κ3) is 5.34. The number of hydrogen-bond acceptors (Lipinski definition) is 6. The highest BCUT2D eigenvalue weighted by Crippen LogP contribution is 2.31. The average molecular weight is 532 g/mol. The van der Waals surface area contributed by atoms with E-state index < -0.39 is 15.6 Å². The van der Waals surface area contributed by atoms with Crippen molar-refractivity contribution in [3.05, 3.63) is 96.2 Å². The van der Waals surface area contributed by atoms with Gasteiger partial charge in [0.25, 0.3) is 15.9 Å². The van der Waals surface area contributed by atoms with E-state index in [2.05, 4.69) is 9.71 Å². The second-order valence-electron chi connectivity index (χ2n) is 9.52. The molecule has 0 atom stereocenters. The Labute approximate surface area is 222 Å². The second-order valence-corrected chi connectivity index (χ2v) is 11.2. The number of hydrogen-bond donors (Lipinski definition) is 2. The number of piperidine rings is 1. The van der Waals surface area contributed by atoms with Crippen LogP contribution < -0.4 is 9.46 Å². The van der Waals surface area contributed by atoms with E-state index in [-0.39, 0.29) is 10.8 Å². The maximum atomic E-state index is 13.1.